The zero-order valence-electron chi connectivity index (χ0n) is 18.8. The van der Waals surface area contributed by atoms with E-state index >= 15 is 0 Å². The quantitative estimate of drug-likeness (QED) is 0.431. The monoisotopic (exact) mass is 450 g/mol. The minimum atomic E-state index is -0.414. The van der Waals surface area contributed by atoms with Crippen molar-refractivity contribution >= 4 is 11.9 Å². The number of benzene rings is 3. The Morgan fingerprint density at radius 3 is 1.97 bits per heavy atom. The van der Waals surface area contributed by atoms with Crippen LogP contribution in [0, 0.1) is 0 Å². The van der Waals surface area contributed by atoms with E-state index in [1.165, 1.54) is 0 Å². The Morgan fingerprint density at radius 2 is 1.35 bits per heavy atom. The van der Waals surface area contributed by atoms with Gasteiger partial charge >= 0.3 is 6.09 Å². The fraction of sp³-hybridized carbons (Fsp3) is 0.179. The van der Waals surface area contributed by atoms with Gasteiger partial charge in [-0.2, -0.15) is 0 Å². The summed E-state index contributed by atoms with van der Waals surface area (Å²) in [7, 11) is 0. The lowest BCUT2D eigenvalue weighted by atomic mass is 10.0. The molecule has 0 bridgehead atoms. The number of carbonyl (C=O) groups is 1. The summed E-state index contributed by atoms with van der Waals surface area (Å²) in [6.07, 6.45) is 3.06. The highest BCUT2D eigenvalue weighted by molar-refractivity contribution is 5.78. The molecule has 0 atom stereocenters. The number of piperidine rings is 1. The van der Waals surface area contributed by atoms with Crippen molar-refractivity contribution in [1.82, 2.24) is 15.3 Å². The van der Waals surface area contributed by atoms with Crippen LogP contribution in [-0.2, 0) is 0 Å². The molecule has 0 radical (unpaired) electrons. The van der Waals surface area contributed by atoms with Gasteiger partial charge in [0.2, 0.25) is 0 Å². The van der Waals surface area contributed by atoms with E-state index in [2.05, 4.69) is 34.5 Å². The second kappa shape index (κ2) is 10.2. The predicted molar refractivity (Wildman–Crippen MR) is 134 cm³/mol. The third-order valence-corrected chi connectivity index (χ3v) is 5.95. The summed E-state index contributed by atoms with van der Waals surface area (Å²) in [4.78, 5) is 24.3. The molecule has 0 unspecified atom stereocenters. The van der Waals surface area contributed by atoms with Crippen molar-refractivity contribution in [3.63, 3.8) is 0 Å². The molecule has 3 aromatic carbocycles. The summed E-state index contributed by atoms with van der Waals surface area (Å²) in [6.45, 7) is 1.56. The smallest absolute Gasteiger partial charge is 0.410 e. The van der Waals surface area contributed by atoms with Crippen LogP contribution < -0.4 is 15.0 Å². The van der Waals surface area contributed by atoms with Gasteiger partial charge in [-0.25, -0.2) is 9.78 Å². The van der Waals surface area contributed by atoms with Crippen LogP contribution in [0.15, 0.2) is 97.2 Å². The molecule has 1 aliphatic heterocycles. The van der Waals surface area contributed by atoms with Crippen molar-refractivity contribution < 1.29 is 9.53 Å². The average Bonchev–Trinajstić information content (AvgIpc) is 2.90. The van der Waals surface area contributed by atoms with Gasteiger partial charge < -0.3 is 15.0 Å². The fourth-order valence-electron chi connectivity index (χ4n) is 4.18. The highest BCUT2D eigenvalue weighted by Crippen LogP contribution is 2.31. The fourth-order valence-corrected chi connectivity index (χ4v) is 4.18. The van der Waals surface area contributed by atoms with Crippen molar-refractivity contribution in [3.8, 4) is 28.3 Å². The van der Waals surface area contributed by atoms with E-state index in [4.69, 9.17) is 14.7 Å². The van der Waals surface area contributed by atoms with Crippen molar-refractivity contribution in [2.24, 2.45) is 0 Å². The molecule has 1 N–H and O–H groups in total. The second-order valence-corrected chi connectivity index (χ2v) is 8.27. The molecule has 34 heavy (non-hydrogen) atoms. The molecule has 0 saturated carbocycles. The number of para-hydroxylation sites is 1. The third-order valence-electron chi connectivity index (χ3n) is 5.95. The van der Waals surface area contributed by atoms with Crippen LogP contribution in [0.5, 0.6) is 5.75 Å². The van der Waals surface area contributed by atoms with Crippen molar-refractivity contribution in [2.75, 3.05) is 18.0 Å². The Labute approximate surface area is 199 Å². The first-order valence-corrected chi connectivity index (χ1v) is 11.5. The number of anilines is 1. The van der Waals surface area contributed by atoms with Crippen molar-refractivity contribution in [1.29, 1.82) is 0 Å². The number of amides is 1. The van der Waals surface area contributed by atoms with E-state index in [9.17, 15) is 4.79 Å². The van der Waals surface area contributed by atoms with Gasteiger partial charge in [0.05, 0.1) is 17.6 Å². The van der Waals surface area contributed by atoms with Crippen LogP contribution in [0.4, 0.5) is 10.6 Å². The zero-order chi connectivity index (χ0) is 23.2. The van der Waals surface area contributed by atoms with Crippen LogP contribution in [0.3, 0.4) is 0 Å². The highest BCUT2D eigenvalue weighted by atomic mass is 16.6. The lowest BCUT2D eigenvalue weighted by molar-refractivity contribution is 0.193. The summed E-state index contributed by atoms with van der Waals surface area (Å²) < 4.78 is 5.36. The van der Waals surface area contributed by atoms with E-state index < -0.39 is 6.09 Å². The van der Waals surface area contributed by atoms with Crippen molar-refractivity contribution in [3.05, 3.63) is 97.2 Å². The summed E-state index contributed by atoms with van der Waals surface area (Å²) in [5.41, 5.74) is 3.82. The molecule has 1 fully saturated rings. The summed E-state index contributed by atoms with van der Waals surface area (Å²) >= 11 is 0. The Hall–Kier alpha value is -4.19. The first-order valence-electron chi connectivity index (χ1n) is 11.5. The van der Waals surface area contributed by atoms with Gasteiger partial charge in [-0.3, -0.25) is 4.98 Å². The molecular formula is C28H26N4O2. The number of rotatable bonds is 5. The minimum Gasteiger partial charge on any atom is -0.410 e. The SMILES string of the molecule is O=C(NC1CCN(c2cnc(-c3ccccc3)c(-c3ccccc3)n2)CC1)Oc1ccccc1. The highest BCUT2D eigenvalue weighted by Gasteiger charge is 2.23. The van der Waals surface area contributed by atoms with Gasteiger partial charge in [0.15, 0.2) is 0 Å². The van der Waals surface area contributed by atoms with E-state index in [1.54, 1.807) is 12.1 Å². The third kappa shape index (κ3) is 5.07. The van der Waals surface area contributed by atoms with Gasteiger partial charge in [-0.15, -0.1) is 0 Å². The lowest BCUT2D eigenvalue weighted by Crippen LogP contribution is -2.45. The number of aromatic nitrogens is 2. The molecular weight excluding hydrogens is 424 g/mol. The maximum absolute atomic E-state index is 12.2. The van der Waals surface area contributed by atoms with E-state index in [-0.39, 0.29) is 6.04 Å². The van der Waals surface area contributed by atoms with Crippen LogP contribution in [0.1, 0.15) is 12.8 Å². The predicted octanol–water partition coefficient (Wildman–Crippen LogP) is 5.57. The van der Waals surface area contributed by atoms with Gasteiger partial charge in [-0.05, 0) is 25.0 Å². The van der Waals surface area contributed by atoms with Crippen LogP contribution in [0.2, 0.25) is 0 Å². The first-order chi connectivity index (χ1) is 16.8. The lowest BCUT2D eigenvalue weighted by Gasteiger charge is -2.33. The standard InChI is InChI=1S/C28H26N4O2/c33-28(34-24-14-8-3-9-15-24)30-23-16-18-32(19-17-23)25-20-29-26(21-10-4-1-5-11-21)27(31-25)22-12-6-2-7-13-22/h1-15,20,23H,16-19H2,(H,30,33). The molecule has 1 aliphatic rings. The maximum Gasteiger partial charge on any atom is 0.412 e. The van der Waals surface area contributed by atoms with E-state index in [0.717, 1.165) is 54.3 Å². The van der Waals surface area contributed by atoms with Gasteiger partial charge in [0, 0.05) is 30.3 Å². The van der Waals surface area contributed by atoms with Crippen LogP contribution in [-0.4, -0.2) is 35.2 Å². The largest absolute Gasteiger partial charge is 0.412 e. The Morgan fingerprint density at radius 1 is 0.794 bits per heavy atom. The second-order valence-electron chi connectivity index (χ2n) is 8.27. The molecule has 6 heteroatoms. The number of ether oxygens (including phenoxy) is 1. The molecule has 1 amide bonds. The number of nitrogens with one attached hydrogen (secondary N) is 1. The van der Waals surface area contributed by atoms with Crippen LogP contribution >= 0.6 is 0 Å². The van der Waals surface area contributed by atoms with Crippen molar-refractivity contribution in [2.45, 2.75) is 18.9 Å². The molecule has 5 rings (SSSR count). The molecule has 170 valence electrons. The number of carbonyl (C=O) groups excluding carboxylic acids is 1. The Kier molecular flexibility index (Phi) is 6.47. The van der Waals surface area contributed by atoms with E-state index in [1.807, 2.05) is 60.8 Å². The molecule has 0 aliphatic carbocycles. The maximum atomic E-state index is 12.2. The first kappa shape index (κ1) is 21.6. The zero-order valence-corrected chi connectivity index (χ0v) is 18.8. The molecule has 1 saturated heterocycles. The average molecular weight is 451 g/mol. The molecule has 0 spiro atoms. The minimum absolute atomic E-state index is 0.0672. The van der Waals surface area contributed by atoms with Gasteiger partial charge in [0.25, 0.3) is 0 Å². The van der Waals surface area contributed by atoms with Crippen LogP contribution in [0.25, 0.3) is 22.5 Å². The molecule has 4 aromatic rings. The number of nitrogens with zero attached hydrogens (tertiary/aromatic N) is 3. The van der Waals surface area contributed by atoms with E-state index in [0.29, 0.717) is 5.75 Å². The molecule has 2 heterocycles. The van der Waals surface area contributed by atoms with Gasteiger partial charge in [0.1, 0.15) is 11.6 Å². The summed E-state index contributed by atoms with van der Waals surface area (Å²) in [5, 5.41) is 2.98. The topological polar surface area (TPSA) is 67.4 Å². The normalized spacial score (nSPS) is 13.9. The Balaban J connectivity index is 1.29. The Bertz CT molecular complexity index is 1230. The molecule has 6 nitrogen and oxygen atoms in total. The summed E-state index contributed by atoms with van der Waals surface area (Å²) in [6, 6.07) is 29.5. The number of hydrogen-bond donors (Lipinski definition) is 1. The van der Waals surface area contributed by atoms with Gasteiger partial charge in [-0.1, -0.05) is 78.9 Å². The molecule has 1 aromatic heterocycles. The summed E-state index contributed by atoms with van der Waals surface area (Å²) in [5.74, 6) is 1.39. The number of hydrogen-bond acceptors (Lipinski definition) is 5.